The molecule has 0 radical (unpaired) electrons. The molecule has 1 aromatic carbocycles. The number of hydrogen-bond donors (Lipinski definition) is 1. The molecule has 0 atom stereocenters. The number of Topliss-reactive ketones (excluding diaryl/α,β-unsaturated/α-hetero) is 1. The monoisotopic (exact) mass is 259 g/mol. The first-order valence-corrected chi connectivity index (χ1v) is 6.41. The number of carbonyl (C=O) groups is 2. The number of aromatic nitrogens is 1. The zero-order chi connectivity index (χ0) is 14.0. The van der Waals surface area contributed by atoms with E-state index < -0.39 is 0 Å². The van der Waals surface area contributed by atoms with Gasteiger partial charge in [-0.3, -0.25) is 4.79 Å². The fraction of sp³-hybridized carbons (Fsp3) is 0.333. The molecule has 4 nitrogen and oxygen atoms in total. The quantitative estimate of drug-likeness (QED) is 0.677. The molecule has 2 rings (SSSR count). The number of benzene rings is 1. The minimum atomic E-state index is -0.362. The summed E-state index contributed by atoms with van der Waals surface area (Å²) in [6, 6.07) is 5.43. The van der Waals surface area contributed by atoms with E-state index in [1.54, 1.807) is 13.0 Å². The third kappa shape index (κ3) is 2.38. The number of carbonyl (C=O) groups excluding carboxylic acids is 2. The van der Waals surface area contributed by atoms with Crippen LogP contribution in [0.2, 0.25) is 0 Å². The van der Waals surface area contributed by atoms with E-state index in [0.29, 0.717) is 24.3 Å². The summed E-state index contributed by atoms with van der Waals surface area (Å²) < 4.78 is 5.00. The first kappa shape index (κ1) is 13.3. The highest BCUT2D eigenvalue weighted by molar-refractivity contribution is 6.03. The van der Waals surface area contributed by atoms with Gasteiger partial charge in [0.25, 0.3) is 0 Å². The maximum atomic E-state index is 11.8. The van der Waals surface area contributed by atoms with Gasteiger partial charge in [0.2, 0.25) is 0 Å². The lowest BCUT2D eigenvalue weighted by Crippen LogP contribution is -2.06. The zero-order valence-corrected chi connectivity index (χ0v) is 11.4. The van der Waals surface area contributed by atoms with E-state index in [1.165, 1.54) is 0 Å². The summed E-state index contributed by atoms with van der Waals surface area (Å²) in [6.45, 7) is 5.80. The maximum Gasteiger partial charge on any atom is 0.355 e. The van der Waals surface area contributed by atoms with E-state index >= 15 is 0 Å². The van der Waals surface area contributed by atoms with Crippen LogP contribution in [0.25, 0.3) is 10.9 Å². The molecule has 0 spiro atoms. The number of rotatable bonds is 4. The van der Waals surface area contributed by atoms with Crippen LogP contribution in [0.5, 0.6) is 0 Å². The number of aryl methyl sites for hydroxylation is 1. The number of ketones is 1. The normalized spacial score (nSPS) is 10.7. The van der Waals surface area contributed by atoms with Crippen LogP contribution < -0.4 is 0 Å². The van der Waals surface area contributed by atoms with Crippen LogP contribution in [-0.2, 0) is 4.74 Å². The Morgan fingerprint density at radius 2 is 2.00 bits per heavy atom. The molecule has 1 aromatic heterocycles. The second-order valence-electron chi connectivity index (χ2n) is 4.38. The lowest BCUT2D eigenvalue weighted by atomic mass is 10.0. The molecule has 0 aliphatic rings. The Morgan fingerprint density at radius 3 is 2.63 bits per heavy atom. The number of ether oxygens (including phenoxy) is 1. The maximum absolute atomic E-state index is 11.8. The molecule has 0 fully saturated rings. The van der Waals surface area contributed by atoms with Gasteiger partial charge in [-0.15, -0.1) is 0 Å². The average Bonchev–Trinajstić information content (AvgIpc) is 2.75. The molecule has 2 aromatic rings. The number of esters is 1. The van der Waals surface area contributed by atoms with Crippen molar-refractivity contribution in [2.24, 2.45) is 0 Å². The summed E-state index contributed by atoms with van der Waals surface area (Å²) in [5, 5.41) is 0.891. The van der Waals surface area contributed by atoms with Crippen molar-refractivity contribution in [2.45, 2.75) is 27.2 Å². The molecule has 1 heterocycles. The molecule has 0 unspecified atom stereocenters. The van der Waals surface area contributed by atoms with Crippen molar-refractivity contribution in [3.8, 4) is 0 Å². The molecule has 100 valence electrons. The highest BCUT2D eigenvalue weighted by Crippen LogP contribution is 2.24. The predicted molar refractivity (Wildman–Crippen MR) is 73.6 cm³/mol. The van der Waals surface area contributed by atoms with Crippen LogP contribution in [0, 0.1) is 6.92 Å². The first-order chi connectivity index (χ1) is 9.08. The van der Waals surface area contributed by atoms with Gasteiger partial charge in [-0.05, 0) is 37.6 Å². The number of H-pyrrole nitrogens is 1. The Kier molecular flexibility index (Phi) is 3.69. The van der Waals surface area contributed by atoms with Crippen molar-refractivity contribution >= 4 is 22.7 Å². The van der Waals surface area contributed by atoms with Crippen molar-refractivity contribution in [1.29, 1.82) is 0 Å². The van der Waals surface area contributed by atoms with Crippen molar-refractivity contribution in [2.75, 3.05) is 6.61 Å². The highest BCUT2D eigenvalue weighted by Gasteiger charge is 2.16. The van der Waals surface area contributed by atoms with Gasteiger partial charge in [0.1, 0.15) is 5.69 Å². The van der Waals surface area contributed by atoms with Gasteiger partial charge < -0.3 is 9.72 Å². The zero-order valence-electron chi connectivity index (χ0n) is 11.4. The Balaban J connectivity index is 2.52. The Hall–Kier alpha value is -2.10. The molecular formula is C15H17NO3. The van der Waals surface area contributed by atoms with Crippen molar-refractivity contribution in [3.05, 3.63) is 35.0 Å². The van der Waals surface area contributed by atoms with E-state index in [4.69, 9.17) is 4.74 Å². The molecule has 0 saturated heterocycles. The number of aromatic amines is 1. The summed E-state index contributed by atoms with van der Waals surface area (Å²) in [4.78, 5) is 26.5. The van der Waals surface area contributed by atoms with Crippen LogP contribution in [0.3, 0.4) is 0 Å². The highest BCUT2D eigenvalue weighted by atomic mass is 16.5. The Morgan fingerprint density at radius 1 is 1.26 bits per heavy atom. The van der Waals surface area contributed by atoms with Crippen molar-refractivity contribution in [3.63, 3.8) is 0 Å². The van der Waals surface area contributed by atoms with E-state index in [9.17, 15) is 9.59 Å². The van der Waals surface area contributed by atoms with Gasteiger partial charge in [0.15, 0.2) is 5.78 Å². The standard InChI is InChI=1S/C15H17NO3/c1-4-13(17)10-6-7-12-11(8-10)9(3)14(16-12)15(18)19-5-2/h6-8,16H,4-5H2,1-3H3. The van der Waals surface area contributed by atoms with Gasteiger partial charge in [-0.1, -0.05) is 6.92 Å². The smallest absolute Gasteiger partial charge is 0.355 e. The van der Waals surface area contributed by atoms with Crippen molar-refractivity contribution < 1.29 is 14.3 Å². The van der Waals surface area contributed by atoms with Crippen LogP contribution in [0.1, 0.15) is 46.7 Å². The van der Waals surface area contributed by atoms with Gasteiger partial charge in [0, 0.05) is 22.9 Å². The third-order valence-corrected chi connectivity index (χ3v) is 3.18. The summed E-state index contributed by atoms with van der Waals surface area (Å²) in [6.07, 6.45) is 0.472. The van der Waals surface area contributed by atoms with Crippen LogP contribution >= 0.6 is 0 Å². The third-order valence-electron chi connectivity index (χ3n) is 3.18. The second-order valence-corrected chi connectivity index (χ2v) is 4.38. The van der Waals surface area contributed by atoms with Crippen LogP contribution in [0.4, 0.5) is 0 Å². The Labute approximate surface area is 111 Å². The van der Waals surface area contributed by atoms with Gasteiger partial charge >= 0.3 is 5.97 Å². The van der Waals surface area contributed by atoms with E-state index in [0.717, 1.165) is 16.5 Å². The molecule has 0 bridgehead atoms. The van der Waals surface area contributed by atoms with E-state index in [-0.39, 0.29) is 11.8 Å². The van der Waals surface area contributed by atoms with Gasteiger partial charge in [-0.2, -0.15) is 0 Å². The topological polar surface area (TPSA) is 59.2 Å². The molecule has 19 heavy (non-hydrogen) atoms. The summed E-state index contributed by atoms with van der Waals surface area (Å²) in [7, 11) is 0. The molecule has 0 aliphatic carbocycles. The molecule has 0 saturated carbocycles. The number of hydrogen-bond acceptors (Lipinski definition) is 3. The van der Waals surface area contributed by atoms with Gasteiger partial charge in [0.05, 0.1) is 6.61 Å². The fourth-order valence-corrected chi connectivity index (χ4v) is 2.11. The molecule has 4 heteroatoms. The second kappa shape index (κ2) is 5.26. The summed E-state index contributed by atoms with van der Waals surface area (Å²) in [5.41, 5.74) is 2.79. The lowest BCUT2D eigenvalue weighted by Gasteiger charge is -2.00. The Bertz CT molecular complexity index is 640. The van der Waals surface area contributed by atoms with Crippen molar-refractivity contribution in [1.82, 2.24) is 4.98 Å². The molecule has 0 aliphatic heterocycles. The van der Waals surface area contributed by atoms with Gasteiger partial charge in [-0.25, -0.2) is 4.79 Å². The van der Waals surface area contributed by atoms with Crippen LogP contribution in [0.15, 0.2) is 18.2 Å². The molecular weight excluding hydrogens is 242 g/mol. The molecule has 1 N–H and O–H groups in total. The SMILES string of the molecule is CCOC(=O)c1[nH]c2ccc(C(=O)CC)cc2c1C. The van der Waals surface area contributed by atoms with E-state index in [1.807, 2.05) is 26.0 Å². The van der Waals surface area contributed by atoms with Crippen LogP contribution in [-0.4, -0.2) is 23.3 Å². The number of nitrogens with one attached hydrogen (secondary N) is 1. The fourth-order valence-electron chi connectivity index (χ4n) is 2.11. The first-order valence-electron chi connectivity index (χ1n) is 6.41. The predicted octanol–water partition coefficient (Wildman–Crippen LogP) is 3.25. The number of fused-ring (bicyclic) bond motifs is 1. The summed E-state index contributed by atoms with van der Waals surface area (Å²) in [5.74, 6) is -0.264. The minimum absolute atomic E-state index is 0.0974. The minimum Gasteiger partial charge on any atom is -0.461 e. The largest absolute Gasteiger partial charge is 0.461 e. The van der Waals surface area contributed by atoms with E-state index in [2.05, 4.69) is 4.98 Å². The molecule has 0 amide bonds. The average molecular weight is 259 g/mol. The summed E-state index contributed by atoms with van der Waals surface area (Å²) >= 11 is 0. The lowest BCUT2D eigenvalue weighted by molar-refractivity contribution is 0.0519.